The predicted molar refractivity (Wildman–Crippen MR) is 79.0 cm³/mol. The molecule has 0 radical (unpaired) electrons. The van der Waals surface area contributed by atoms with E-state index >= 15 is 0 Å². The zero-order chi connectivity index (χ0) is 12.7. The third kappa shape index (κ3) is 1.64. The second-order valence-corrected chi connectivity index (χ2v) is 5.41. The van der Waals surface area contributed by atoms with E-state index in [9.17, 15) is 0 Å². The van der Waals surface area contributed by atoms with Gasteiger partial charge in [0, 0.05) is 28.8 Å². The summed E-state index contributed by atoms with van der Waals surface area (Å²) in [5.41, 5.74) is 8.37. The van der Waals surface area contributed by atoms with Gasteiger partial charge in [0.1, 0.15) is 0 Å². The fourth-order valence-electron chi connectivity index (χ4n) is 3.23. The lowest BCUT2D eigenvalue weighted by Gasteiger charge is -2.30. The minimum atomic E-state index is 0.602. The van der Waals surface area contributed by atoms with Crippen LogP contribution in [-0.4, -0.2) is 12.1 Å². The van der Waals surface area contributed by atoms with Gasteiger partial charge in [-0.15, -0.1) is 0 Å². The molecule has 0 saturated carbocycles. The summed E-state index contributed by atoms with van der Waals surface area (Å²) in [5.74, 6) is 0. The van der Waals surface area contributed by atoms with Crippen LogP contribution in [0.5, 0.6) is 0 Å². The molecule has 2 N–H and O–H groups in total. The largest absolute Gasteiger partial charge is 0.398 e. The van der Waals surface area contributed by atoms with Crippen molar-refractivity contribution in [3.63, 3.8) is 0 Å². The lowest BCUT2D eigenvalue weighted by molar-refractivity contribution is 0.697. The maximum atomic E-state index is 6.19. The molecule has 2 aromatic carbocycles. The summed E-state index contributed by atoms with van der Waals surface area (Å²) >= 11 is 0. The average molecular weight is 240 g/mol. The molecule has 2 aromatic rings. The zero-order valence-corrected chi connectivity index (χ0v) is 11.1. The van der Waals surface area contributed by atoms with Crippen LogP contribution in [0.1, 0.15) is 26.7 Å². The van der Waals surface area contributed by atoms with Crippen LogP contribution in [0.15, 0.2) is 36.4 Å². The Balaban J connectivity index is 2.23. The van der Waals surface area contributed by atoms with Crippen molar-refractivity contribution >= 4 is 22.1 Å². The summed E-state index contributed by atoms with van der Waals surface area (Å²) < 4.78 is 0. The van der Waals surface area contributed by atoms with Crippen molar-refractivity contribution in [2.24, 2.45) is 0 Å². The van der Waals surface area contributed by atoms with E-state index < -0.39 is 0 Å². The van der Waals surface area contributed by atoms with Crippen molar-refractivity contribution in [2.75, 3.05) is 10.6 Å². The topological polar surface area (TPSA) is 29.3 Å². The van der Waals surface area contributed by atoms with Gasteiger partial charge in [0.25, 0.3) is 0 Å². The lowest BCUT2D eigenvalue weighted by Crippen LogP contribution is -2.32. The van der Waals surface area contributed by atoms with E-state index in [2.05, 4.69) is 43.0 Å². The van der Waals surface area contributed by atoms with E-state index in [4.69, 9.17) is 5.73 Å². The molecule has 0 bridgehead atoms. The van der Waals surface area contributed by atoms with Crippen LogP contribution < -0.4 is 10.6 Å². The normalized spacial score (nSPS) is 23.8. The SMILES string of the molecule is CC1CCC(C)N1c1cccc2cccc(N)c12. The number of nitrogen functional groups attached to an aromatic ring is 1. The Kier molecular flexibility index (Phi) is 2.66. The zero-order valence-electron chi connectivity index (χ0n) is 11.1. The Labute approximate surface area is 108 Å². The van der Waals surface area contributed by atoms with Crippen LogP contribution in [0, 0.1) is 0 Å². The molecule has 1 saturated heterocycles. The molecule has 18 heavy (non-hydrogen) atoms. The maximum absolute atomic E-state index is 6.19. The van der Waals surface area contributed by atoms with Crippen molar-refractivity contribution in [1.82, 2.24) is 0 Å². The molecule has 1 aliphatic heterocycles. The van der Waals surface area contributed by atoms with Crippen molar-refractivity contribution in [3.8, 4) is 0 Å². The van der Waals surface area contributed by atoms with Gasteiger partial charge in [0.15, 0.2) is 0 Å². The molecule has 2 unspecified atom stereocenters. The molecule has 0 aliphatic carbocycles. The smallest absolute Gasteiger partial charge is 0.0471 e. The van der Waals surface area contributed by atoms with Crippen LogP contribution in [0.2, 0.25) is 0 Å². The van der Waals surface area contributed by atoms with E-state index in [1.165, 1.54) is 29.3 Å². The lowest BCUT2D eigenvalue weighted by atomic mass is 10.1. The number of hydrogen-bond donors (Lipinski definition) is 1. The van der Waals surface area contributed by atoms with Gasteiger partial charge in [0.2, 0.25) is 0 Å². The Hall–Kier alpha value is -1.70. The predicted octanol–water partition coefficient (Wildman–Crippen LogP) is 3.80. The number of hydrogen-bond acceptors (Lipinski definition) is 2. The molecule has 0 spiro atoms. The van der Waals surface area contributed by atoms with Crippen LogP contribution in [0.25, 0.3) is 10.8 Å². The van der Waals surface area contributed by atoms with Crippen molar-refractivity contribution in [2.45, 2.75) is 38.8 Å². The highest BCUT2D eigenvalue weighted by molar-refractivity contribution is 6.02. The Morgan fingerprint density at radius 2 is 1.61 bits per heavy atom. The number of nitrogens with zero attached hydrogens (tertiary/aromatic N) is 1. The summed E-state index contributed by atoms with van der Waals surface area (Å²) in [4.78, 5) is 2.53. The molecular formula is C16H20N2. The van der Waals surface area contributed by atoms with E-state index in [-0.39, 0.29) is 0 Å². The van der Waals surface area contributed by atoms with Gasteiger partial charge >= 0.3 is 0 Å². The van der Waals surface area contributed by atoms with Crippen molar-refractivity contribution in [3.05, 3.63) is 36.4 Å². The number of benzene rings is 2. The minimum absolute atomic E-state index is 0.602. The Morgan fingerprint density at radius 1 is 1.00 bits per heavy atom. The molecular weight excluding hydrogens is 220 g/mol. The average Bonchev–Trinajstić information content (AvgIpc) is 2.69. The summed E-state index contributed by atoms with van der Waals surface area (Å²) in [6, 6.07) is 13.8. The Bertz CT molecular complexity index is 561. The van der Waals surface area contributed by atoms with Gasteiger partial charge in [-0.1, -0.05) is 24.3 Å². The Morgan fingerprint density at radius 3 is 2.28 bits per heavy atom. The third-order valence-electron chi connectivity index (χ3n) is 4.15. The third-order valence-corrected chi connectivity index (χ3v) is 4.15. The van der Waals surface area contributed by atoms with Crippen molar-refractivity contribution < 1.29 is 0 Å². The van der Waals surface area contributed by atoms with Gasteiger partial charge in [-0.05, 0) is 44.2 Å². The number of anilines is 2. The molecule has 94 valence electrons. The molecule has 0 aromatic heterocycles. The van der Waals surface area contributed by atoms with Crippen LogP contribution in [0.4, 0.5) is 11.4 Å². The van der Waals surface area contributed by atoms with Gasteiger partial charge in [0.05, 0.1) is 0 Å². The molecule has 1 fully saturated rings. The first-order valence-corrected chi connectivity index (χ1v) is 6.74. The summed E-state index contributed by atoms with van der Waals surface area (Å²) in [6.07, 6.45) is 2.54. The molecule has 2 heteroatoms. The first kappa shape index (κ1) is 11.4. The van der Waals surface area contributed by atoms with Gasteiger partial charge in [-0.3, -0.25) is 0 Å². The van der Waals surface area contributed by atoms with E-state index in [1.807, 2.05) is 12.1 Å². The standard InChI is InChI=1S/C16H20N2/c1-11-9-10-12(2)18(11)15-8-4-6-13-5-3-7-14(17)16(13)15/h3-8,11-12H,9-10,17H2,1-2H3. The molecule has 2 nitrogen and oxygen atoms in total. The van der Waals surface area contributed by atoms with E-state index in [0.29, 0.717) is 12.1 Å². The number of fused-ring (bicyclic) bond motifs is 1. The second-order valence-electron chi connectivity index (χ2n) is 5.41. The summed E-state index contributed by atoms with van der Waals surface area (Å²) in [6.45, 7) is 4.61. The molecule has 2 atom stereocenters. The van der Waals surface area contributed by atoms with Crippen molar-refractivity contribution in [1.29, 1.82) is 0 Å². The first-order chi connectivity index (χ1) is 8.68. The molecule has 1 heterocycles. The summed E-state index contributed by atoms with van der Waals surface area (Å²) in [7, 11) is 0. The van der Waals surface area contributed by atoms with Crippen LogP contribution in [0.3, 0.4) is 0 Å². The first-order valence-electron chi connectivity index (χ1n) is 6.74. The number of nitrogens with two attached hydrogens (primary N) is 1. The van der Waals surface area contributed by atoms with Gasteiger partial charge in [-0.25, -0.2) is 0 Å². The van der Waals surface area contributed by atoms with Crippen LogP contribution >= 0.6 is 0 Å². The quantitative estimate of drug-likeness (QED) is 0.768. The maximum Gasteiger partial charge on any atom is 0.0471 e. The number of rotatable bonds is 1. The monoisotopic (exact) mass is 240 g/mol. The fraction of sp³-hybridized carbons (Fsp3) is 0.375. The highest BCUT2D eigenvalue weighted by atomic mass is 15.2. The summed E-state index contributed by atoms with van der Waals surface area (Å²) in [5, 5.41) is 2.44. The fourth-order valence-corrected chi connectivity index (χ4v) is 3.23. The molecule has 3 rings (SSSR count). The van der Waals surface area contributed by atoms with Gasteiger partial charge < -0.3 is 10.6 Å². The highest BCUT2D eigenvalue weighted by Gasteiger charge is 2.28. The van der Waals surface area contributed by atoms with Crippen LogP contribution in [-0.2, 0) is 0 Å². The minimum Gasteiger partial charge on any atom is -0.398 e. The van der Waals surface area contributed by atoms with E-state index in [1.54, 1.807) is 0 Å². The van der Waals surface area contributed by atoms with Gasteiger partial charge in [-0.2, -0.15) is 0 Å². The van der Waals surface area contributed by atoms with E-state index in [0.717, 1.165) is 5.69 Å². The second kappa shape index (κ2) is 4.20. The molecule has 0 amide bonds. The molecule has 1 aliphatic rings. The highest BCUT2D eigenvalue weighted by Crippen LogP contribution is 2.37.